The van der Waals surface area contributed by atoms with Crippen LogP contribution in [-0.2, 0) is 4.79 Å². The van der Waals surface area contributed by atoms with Crippen LogP contribution < -0.4 is 5.32 Å². The summed E-state index contributed by atoms with van der Waals surface area (Å²) in [5, 5.41) is 19.8. The Balaban J connectivity index is 1.96. The van der Waals surface area contributed by atoms with Gasteiger partial charge in [-0.25, -0.2) is 0 Å². The van der Waals surface area contributed by atoms with Crippen molar-refractivity contribution in [1.82, 2.24) is 10.2 Å². The molecule has 0 amide bonds. The first-order chi connectivity index (χ1) is 11.5. The van der Waals surface area contributed by atoms with Crippen LogP contribution in [0.1, 0.15) is 49.4 Å². The van der Waals surface area contributed by atoms with Gasteiger partial charge in [0.1, 0.15) is 11.8 Å². The number of benzene rings is 1. The number of rotatable bonds is 1. The lowest BCUT2D eigenvalue weighted by Crippen LogP contribution is -2.33. The second-order valence-electron chi connectivity index (χ2n) is 7.27. The van der Waals surface area contributed by atoms with Gasteiger partial charge in [0.25, 0.3) is 0 Å². The zero-order chi connectivity index (χ0) is 16.9. The second kappa shape index (κ2) is 5.07. The monoisotopic (exact) mass is 318 g/mol. The van der Waals surface area contributed by atoms with Crippen LogP contribution >= 0.6 is 0 Å². The number of aromatic nitrogens is 2. The van der Waals surface area contributed by atoms with Crippen molar-refractivity contribution < 1.29 is 4.79 Å². The normalized spacial score (nSPS) is 21.5. The van der Waals surface area contributed by atoms with E-state index in [9.17, 15) is 10.1 Å². The molecule has 1 aromatic carbocycles. The van der Waals surface area contributed by atoms with E-state index in [4.69, 9.17) is 0 Å². The van der Waals surface area contributed by atoms with Crippen molar-refractivity contribution in [3.05, 3.63) is 58.4 Å². The van der Waals surface area contributed by atoms with Gasteiger partial charge in [-0.2, -0.15) is 10.4 Å². The number of H-pyrrole nitrogens is 1. The summed E-state index contributed by atoms with van der Waals surface area (Å²) in [6.45, 7) is 4.21. The van der Waals surface area contributed by atoms with Crippen LogP contribution in [-0.4, -0.2) is 16.0 Å². The fourth-order valence-electron chi connectivity index (χ4n) is 3.86. The van der Waals surface area contributed by atoms with Crippen LogP contribution in [0.4, 0.5) is 5.82 Å². The van der Waals surface area contributed by atoms with Crippen molar-refractivity contribution in [3.63, 3.8) is 0 Å². The van der Waals surface area contributed by atoms with Crippen LogP contribution in [0.3, 0.4) is 0 Å². The van der Waals surface area contributed by atoms with Crippen LogP contribution in [0.2, 0.25) is 0 Å². The number of nitrogens with zero attached hydrogens (tertiary/aromatic N) is 2. The van der Waals surface area contributed by atoms with Gasteiger partial charge in [0.05, 0.1) is 0 Å². The molecule has 0 saturated carbocycles. The Labute approximate surface area is 140 Å². The van der Waals surface area contributed by atoms with Gasteiger partial charge in [-0.1, -0.05) is 44.2 Å². The molecule has 1 unspecified atom stereocenters. The molecule has 0 bridgehead atoms. The number of carbonyl (C=O) groups is 1. The summed E-state index contributed by atoms with van der Waals surface area (Å²) in [5.41, 5.74) is 3.85. The van der Waals surface area contributed by atoms with E-state index in [0.29, 0.717) is 17.9 Å². The average Bonchev–Trinajstić information content (AvgIpc) is 2.95. The van der Waals surface area contributed by atoms with Gasteiger partial charge in [-0.05, 0) is 17.4 Å². The Kier molecular flexibility index (Phi) is 3.10. The molecule has 1 aliphatic heterocycles. The smallest absolute Gasteiger partial charge is 0.162 e. The van der Waals surface area contributed by atoms with Gasteiger partial charge in [-0.15, -0.1) is 0 Å². The molecule has 1 aromatic heterocycles. The molecule has 2 aromatic rings. The zero-order valence-electron chi connectivity index (χ0n) is 13.7. The predicted octanol–water partition coefficient (Wildman–Crippen LogP) is 3.48. The summed E-state index contributed by atoms with van der Waals surface area (Å²) in [5.74, 6) is 0.567. The Morgan fingerprint density at radius 3 is 2.71 bits per heavy atom. The van der Waals surface area contributed by atoms with Crippen molar-refractivity contribution in [2.75, 3.05) is 5.32 Å². The average molecular weight is 318 g/mol. The van der Waals surface area contributed by atoms with Gasteiger partial charge in [0, 0.05) is 29.2 Å². The highest BCUT2D eigenvalue weighted by Crippen LogP contribution is 2.49. The molecule has 2 N–H and O–H groups in total. The maximum Gasteiger partial charge on any atom is 0.162 e. The molecule has 1 aliphatic carbocycles. The first-order valence-corrected chi connectivity index (χ1v) is 8.07. The number of nitriles is 1. The lowest BCUT2D eigenvalue weighted by molar-refractivity contribution is -0.118. The molecule has 0 spiro atoms. The number of ketones is 1. The molecule has 2 heterocycles. The number of carbonyl (C=O) groups excluding carboxylic acids is 1. The largest absolute Gasteiger partial charge is 0.342 e. The maximum atomic E-state index is 12.9. The van der Waals surface area contributed by atoms with Crippen LogP contribution in [0, 0.1) is 16.7 Å². The molecule has 5 nitrogen and oxygen atoms in total. The fraction of sp³-hybridized carbons (Fsp3) is 0.316. The third-order valence-electron chi connectivity index (χ3n) is 4.82. The third-order valence-corrected chi connectivity index (χ3v) is 4.82. The zero-order valence-corrected chi connectivity index (χ0v) is 13.7. The minimum absolute atomic E-state index is 0.0734. The van der Waals surface area contributed by atoms with Crippen LogP contribution in [0.5, 0.6) is 0 Å². The summed E-state index contributed by atoms with van der Waals surface area (Å²) < 4.78 is 0. The van der Waals surface area contributed by atoms with E-state index >= 15 is 0 Å². The topological polar surface area (TPSA) is 81.6 Å². The van der Waals surface area contributed by atoms with Crippen LogP contribution in [0.15, 0.2) is 41.6 Å². The molecule has 5 heteroatoms. The van der Waals surface area contributed by atoms with E-state index in [-0.39, 0.29) is 17.1 Å². The lowest BCUT2D eigenvalue weighted by atomic mass is 9.69. The van der Waals surface area contributed by atoms with Crippen molar-refractivity contribution in [1.29, 1.82) is 5.26 Å². The van der Waals surface area contributed by atoms with Crippen molar-refractivity contribution >= 4 is 11.6 Å². The van der Waals surface area contributed by atoms with E-state index in [0.717, 1.165) is 28.8 Å². The van der Waals surface area contributed by atoms with E-state index in [1.165, 1.54) is 0 Å². The Hall–Kier alpha value is -2.87. The van der Waals surface area contributed by atoms with Gasteiger partial charge in [0.2, 0.25) is 0 Å². The molecule has 2 aliphatic rings. The lowest BCUT2D eigenvalue weighted by Gasteiger charge is -2.38. The fourth-order valence-corrected chi connectivity index (χ4v) is 3.86. The standard InChI is InChI=1S/C19H18N4O/c1-19(2)8-12-16(14(24)9-19)15(11-6-4-3-5-7-11)17-13(10-20)22-23-18(17)21-12/h3-7,15H,8-9H2,1-2H3,(H2,21,22,23). The Morgan fingerprint density at radius 2 is 2.00 bits per heavy atom. The van der Waals surface area contributed by atoms with Gasteiger partial charge >= 0.3 is 0 Å². The SMILES string of the molecule is CC1(C)CC(=O)C2=C(C1)Nc1n[nH]c(C#N)c1C2c1ccccc1. The van der Waals surface area contributed by atoms with Crippen molar-refractivity contribution in [2.45, 2.75) is 32.6 Å². The van der Waals surface area contributed by atoms with Crippen molar-refractivity contribution in [2.24, 2.45) is 5.41 Å². The van der Waals surface area contributed by atoms with Gasteiger partial charge in [-0.3, -0.25) is 9.89 Å². The van der Waals surface area contributed by atoms with Crippen molar-refractivity contribution in [3.8, 4) is 6.07 Å². The number of nitrogens with one attached hydrogen (secondary N) is 2. The molecule has 120 valence electrons. The number of aromatic amines is 1. The molecule has 24 heavy (non-hydrogen) atoms. The molecular formula is C19H18N4O. The molecule has 0 fully saturated rings. The van der Waals surface area contributed by atoms with E-state index in [2.05, 4.69) is 35.4 Å². The molecule has 0 saturated heterocycles. The third kappa shape index (κ3) is 2.15. The summed E-state index contributed by atoms with van der Waals surface area (Å²) in [6, 6.07) is 12.1. The minimum Gasteiger partial charge on any atom is -0.342 e. The Morgan fingerprint density at radius 1 is 1.25 bits per heavy atom. The number of fused-ring (bicyclic) bond motifs is 1. The summed E-state index contributed by atoms with van der Waals surface area (Å²) in [6.07, 6.45) is 1.32. The van der Waals surface area contributed by atoms with E-state index in [1.54, 1.807) is 0 Å². The first-order valence-electron chi connectivity index (χ1n) is 8.07. The molecule has 4 rings (SSSR count). The predicted molar refractivity (Wildman–Crippen MR) is 90.3 cm³/mol. The summed E-state index contributed by atoms with van der Waals surface area (Å²) >= 11 is 0. The minimum atomic E-state index is -0.241. The quantitative estimate of drug-likeness (QED) is 0.843. The van der Waals surface area contributed by atoms with Gasteiger partial charge < -0.3 is 5.32 Å². The number of hydrogen-bond donors (Lipinski definition) is 2. The molecular weight excluding hydrogens is 300 g/mol. The van der Waals surface area contributed by atoms with E-state index < -0.39 is 0 Å². The maximum absolute atomic E-state index is 12.9. The van der Waals surface area contributed by atoms with Gasteiger partial charge in [0.15, 0.2) is 11.6 Å². The highest BCUT2D eigenvalue weighted by Gasteiger charge is 2.42. The number of anilines is 1. The highest BCUT2D eigenvalue weighted by molar-refractivity contribution is 6.01. The first kappa shape index (κ1) is 14.7. The highest BCUT2D eigenvalue weighted by atomic mass is 16.1. The summed E-state index contributed by atoms with van der Waals surface area (Å²) in [4.78, 5) is 12.9. The molecule has 0 radical (unpaired) electrons. The number of Topliss-reactive ketones (excluding diaryl/α,β-unsaturated/α-hetero) is 1. The second-order valence-corrected chi connectivity index (χ2v) is 7.27. The Bertz CT molecular complexity index is 899. The van der Waals surface area contributed by atoms with Crippen LogP contribution in [0.25, 0.3) is 0 Å². The number of allylic oxidation sites excluding steroid dienone is 2. The van der Waals surface area contributed by atoms with E-state index in [1.807, 2.05) is 30.3 Å². The molecule has 1 atom stereocenters. The number of hydrogen-bond acceptors (Lipinski definition) is 4. The summed E-state index contributed by atoms with van der Waals surface area (Å²) in [7, 11) is 0.